The minimum absolute atomic E-state index is 0.0664. The van der Waals surface area contributed by atoms with E-state index in [2.05, 4.69) is 25.1 Å². The molecule has 3 aromatic heterocycles. The summed E-state index contributed by atoms with van der Waals surface area (Å²) in [4.78, 5) is 13.3. The lowest BCUT2D eigenvalue weighted by atomic mass is 10.1. The molecule has 4 aromatic rings. The number of pyridine rings is 2. The minimum Gasteiger partial charge on any atom is -0.504 e. The second kappa shape index (κ2) is 8.19. The molecule has 0 radical (unpaired) electrons. The second-order valence-electron chi connectivity index (χ2n) is 7.72. The highest BCUT2D eigenvalue weighted by Gasteiger charge is 2.30. The van der Waals surface area contributed by atoms with E-state index >= 15 is 0 Å². The molecular formula is C22H22N6O3S. The predicted octanol–water partition coefficient (Wildman–Crippen LogP) is 2.84. The average Bonchev–Trinajstić information content (AvgIpc) is 3.28. The summed E-state index contributed by atoms with van der Waals surface area (Å²) in [5.41, 5.74) is 1.55. The van der Waals surface area contributed by atoms with Gasteiger partial charge in [0.25, 0.3) is 0 Å². The molecule has 164 valence electrons. The summed E-state index contributed by atoms with van der Waals surface area (Å²) >= 11 is 0. The number of sulfonamides is 1. The highest BCUT2D eigenvalue weighted by molar-refractivity contribution is 7.92. The van der Waals surface area contributed by atoms with Crippen LogP contribution in [0.4, 0.5) is 5.82 Å². The molecule has 0 saturated carbocycles. The molecule has 1 saturated heterocycles. The van der Waals surface area contributed by atoms with Gasteiger partial charge in [0.1, 0.15) is 11.3 Å². The zero-order valence-electron chi connectivity index (χ0n) is 17.3. The Labute approximate surface area is 185 Å². The number of nitrogens with one attached hydrogen (secondary N) is 1. The third kappa shape index (κ3) is 3.77. The molecule has 9 nitrogen and oxygen atoms in total. The molecule has 1 aliphatic heterocycles. The summed E-state index contributed by atoms with van der Waals surface area (Å²) in [5, 5.41) is 18.5. The Morgan fingerprint density at radius 2 is 1.88 bits per heavy atom. The van der Waals surface area contributed by atoms with Crippen molar-refractivity contribution >= 4 is 26.7 Å². The number of fused-ring (bicyclic) bond motifs is 1. The van der Waals surface area contributed by atoms with Crippen molar-refractivity contribution in [1.29, 1.82) is 0 Å². The van der Waals surface area contributed by atoms with Crippen molar-refractivity contribution in [3.8, 4) is 17.3 Å². The Morgan fingerprint density at radius 3 is 2.69 bits per heavy atom. The van der Waals surface area contributed by atoms with Crippen LogP contribution in [0.1, 0.15) is 24.2 Å². The van der Waals surface area contributed by atoms with Crippen LogP contribution in [0.3, 0.4) is 0 Å². The van der Waals surface area contributed by atoms with Gasteiger partial charge < -0.3 is 5.11 Å². The molecular weight excluding hydrogens is 428 g/mol. The molecule has 4 heterocycles. The van der Waals surface area contributed by atoms with Gasteiger partial charge in [0.2, 0.25) is 15.8 Å². The average molecular weight is 451 g/mol. The van der Waals surface area contributed by atoms with Crippen LogP contribution in [0, 0.1) is 0 Å². The number of anilines is 1. The molecule has 0 aliphatic carbocycles. The van der Waals surface area contributed by atoms with Crippen LogP contribution in [0.15, 0.2) is 48.7 Å². The molecule has 10 heteroatoms. The number of aromatic amines is 1. The van der Waals surface area contributed by atoms with E-state index in [0.29, 0.717) is 30.6 Å². The van der Waals surface area contributed by atoms with Crippen LogP contribution in [-0.4, -0.2) is 51.0 Å². The van der Waals surface area contributed by atoms with E-state index in [1.54, 1.807) is 18.3 Å². The predicted molar refractivity (Wildman–Crippen MR) is 121 cm³/mol. The summed E-state index contributed by atoms with van der Waals surface area (Å²) in [6, 6.07) is 13.4. The first kappa shape index (κ1) is 20.4. The molecule has 0 unspecified atom stereocenters. The number of aromatic nitrogens is 5. The molecule has 0 bridgehead atoms. The van der Waals surface area contributed by atoms with E-state index in [0.717, 1.165) is 12.8 Å². The maximum Gasteiger partial charge on any atom is 0.236 e. The van der Waals surface area contributed by atoms with Crippen LogP contribution in [0.25, 0.3) is 22.4 Å². The number of aromatic hydroxyl groups is 1. The van der Waals surface area contributed by atoms with Crippen LogP contribution in [0.5, 0.6) is 5.75 Å². The van der Waals surface area contributed by atoms with E-state index in [1.165, 1.54) is 9.87 Å². The van der Waals surface area contributed by atoms with Crippen molar-refractivity contribution in [2.75, 3.05) is 16.6 Å². The van der Waals surface area contributed by atoms with Gasteiger partial charge in [-0.25, -0.2) is 18.4 Å². The summed E-state index contributed by atoms with van der Waals surface area (Å²) in [5.74, 6) is 0.993. The topological polar surface area (TPSA) is 125 Å². The third-order valence-corrected chi connectivity index (χ3v) is 7.37. The van der Waals surface area contributed by atoms with E-state index in [4.69, 9.17) is 0 Å². The molecule has 32 heavy (non-hydrogen) atoms. The second-order valence-corrected chi connectivity index (χ2v) is 9.73. The molecule has 1 aliphatic rings. The molecule has 1 aromatic carbocycles. The summed E-state index contributed by atoms with van der Waals surface area (Å²) < 4.78 is 26.8. The minimum atomic E-state index is -3.50. The number of hydrogen-bond acceptors (Lipinski definition) is 7. The number of aryl methyl sites for hydroxylation is 2. The maximum absolute atomic E-state index is 12.7. The fourth-order valence-corrected chi connectivity index (χ4v) is 5.50. The molecule has 5 rings (SSSR count). The van der Waals surface area contributed by atoms with Gasteiger partial charge in [0, 0.05) is 24.5 Å². The Bertz CT molecular complexity index is 1370. The summed E-state index contributed by atoms with van der Waals surface area (Å²) in [6.07, 6.45) is 4.32. The van der Waals surface area contributed by atoms with Crippen LogP contribution < -0.4 is 4.31 Å². The fourth-order valence-electron chi connectivity index (χ4n) is 3.90. The van der Waals surface area contributed by atoms with Gasteiger partial charge in [-0.3, -0.25) is 14.4 Å². The number of hydrogen-bond donors (Lipinski definition) is 2. The van der Waals surface area contributed by atoms with E-state index in [9.17, 15) is 13.5 Å². The lowest BCUT2D eigenvalue weighted by Crippen LogP contribution is -2.38. The van der Waals surface area contributed by atoms with Crippen molar-refractivity contribution in [3.63, 3.8) is 0 Å². The molecule has 0 atom stereocenters. The third-order valence-electron chi connectivity index (χ3n) is 5.54. The Kier molecular flexibility index (Phi) is 5.22. The van der Waals surface area contributed by atoms with E-state index < -0.39 is 10.0 Å². The standard InChI is InChI=1S/C22H22N6O3S/c29-20-18-16(9-6-12-23-18)22(28-13-4-5-14-32(28,30)31)25-19(20)21-24-17(26-27-21)11-10-15-7-2-1-3-8-15/h1-3,6-9,12,29H,4-5,10-11,13-14H2,(H,24,26,27). The van der Waals surface area contributed by atoms with Gasteiger partial charge in [-0.1, -0.05) is 30.3 Å². The highest BCUT2D eigenvalue weighted by Crippen LogP contribution is 2.38. The monoisotopic (exact) mass is 450 g/mol. The number of H-pyrrole nitrogens is 1. The van der Waals surface area contributed by atoms with Crippen molar-refractivity contribution < 1.29 is 13.5 Å². The van der Waals surface area contributed by atoms with Crippen LogP contribution >= 0.6 is 0 Å². The number of benzene rings is 1. The number of rotatable bonds is 5. The molecule has 0 amide bonds. The zero-order chi connectivity index (χ0) is 22.1. The SMILES string of the molecule is O=S1(=O)CCCCN1c1nc(-c2n[nH]c(CCc3ccccc3)n2)c(O)c2ncccc12. The van der Waals surface area contributed by atoms with Crippen molar-refractivity contribution in [2.24, 2.45) is 0 Å². The van der Waals surface area contributed by atoms with E-state index in [-0.39, 0.29) is 34.4 Å². The van der Waals surface area contributed by atoms with Gasteiger partial charge in [0.15, 0.2) is 17.3 Å². The first-order chi connectivity index (χ1) is 15.5. The normalized spacial score (nSPS) is 15.8. The lowest BCUT2D eigenvalue weighted by molar-refractivity contribution is 0.479. The van der Waals surface area contributed by atoms with Crippen LogP contribution in [-0.2, 0) is 22.9 Å². The number of nitrogens with zero attached hydrogens (tertiary/aromatic N) is 5. The van der Waals surface area contributed by atoms with Gasteiger partial charge >= 0.3 is 0 Å². The molecule has 2 N–H and O–H groups in total. The van der Waals surface area contributed by atoms with Crippen molar-refractivity contribution in [2.45, 2.75) is 25.7 Å². The zero-order valence-corrected chi connectivity index (χ0v) is 18.1. The van der Waals surface area contributed by atoms with Crippen LogP contribution in [0.2, 0.25) is 0 Å². The van der Waals surface area contributed by atoms with Gasteiger partial charge in [-0.15, -0.1) is 0 Å². The van der Waals surface area contributed by atoms with E-state index in [1.807, 2.05) is 30.3 Å². The Balaban J connectivity index is 1.55. The summed E-state index contributed by atoms with van der Waals surface area (Å²) in [7, 11) is -3.50. The fraction of sp³-hybridized carbons (Fsp3) is 0.273. The van der Waals surface area contributed by atoms with Gasteiger partial charge in [-0.05, 0) is 37.0 Å². The van der Waals surface area contributed by atoms with Crippen molar-refractivity contribution in [3.05, 3.63) is 60.0 Å². The Hall–Kier alpha value is -3.53. The quantitative estimate of drug-likeness (QED) is 0.479. The smallest absolute Gasteiger partial charge is 0.236 e. The first-order valence-electron chi connectivity index (χ1n) is 10.5. The molecule has 0 spiro atoms. The lowest BCUT2D eigenvalue weighted by Gasteiger charge is -2.28. The largest absolute Gasteiger partial charge is 0.504 e. The highest BCUT2D eigenvalue weighted by atomic mass is 32.2. The van der Waals surface area contributed by atoms with Gasteiger partial charge in [-0.2, -0.15) is 5.10 Å². The maximum atomic E-state index is 12.7. The van der Waals surface area contributed by atoms with Gasteiger partial charge in [0.05, 0.1) is 5.75 Å². The Morgan fingerprint density at radius 1 is 1.03 bits per heavy atom. The molecule has 1 fully saturated rings. The summed E-state index contributed by atoms with van der Waals surface area (Å²) in [6.45, 7) is 0.333. The first-order valence-corrected chi connectivity index (χ1v) is 12.1. The van der Waals surface area contributed by atoms with Crippen molar-refractivity contribution in [1.82, 2.24) is 25.1 Å².